The minimum atomic E-state index is 0.922. The molecule has 1 aliphatic heterocycles. The van der Waals surface area contributed by atoms with Crippen molar-refractivity contribution in [1.29, 1.82) is 0 Å². The first-order chi connectivity index (χ1) is 4.64. The van der Waals surface area contributed by atoms with Crippen LogP contribution in [0.5, 0.6) is 0 Å². The van der Waals surface area contributed by atoms with Gasteiger partial charge in [-0.25, -0.2) is 0 Å². The molecular formula is C9H19N+. The van der Waals surface area contributed by atoms with Crippen molar-refractivity contribution in [3.63, 3.8) is 0 Å². The smallest absolute Gasteiger partial charge is 0.0785 e. The molecule has 1 heteroatoms. The maximum Gasteiger partial charge on any atom is 0.0785 e. The molecule has 1 aliphatic rings. The van der Waals surface area contributed by atoms with Gasteiger partial charge in [0.15, 0.2) is 0 Å². The number of hydrogen-bond acceptors (Lipinski definition) is 0. The van der Waals surface area contributed by atoms with E-state index in [1.807, 2.05) is 0 Å². The summed E-state index contributed by atoms with van der Waals surface area (Å²) in [6.45, 7) is 6.64. The van der Waals surface area contributed by atoms with Gasteiger partial charge in [0.05, 0.1) is 27.2 Å². The largest absolute Gasteiger partial charge is 0.328 e. The SMILES string of the molecule is [CH2]CC1CC[N+](C)(C)CC1. The molecule has 0 aliphatic carbocycles. The summed E-state index contributed by atoms with van der Waals surface area (Å²) in [6.07, 6.45) is 3.91. The summed E-state index contributed by atoms with van der Waals surface area (Å²) in [6, 6.07) is 0. The van der Waals surface area contributed by atoms with E-state index < -0.39 is 0 Å². The van der Waals surface area contributed by atoms with Crippen molar-refractivity contribution in [1.82, 2.24) is 0 Å². The van der Waals surface area contributed by atoms with Gasteiger partial charge in [0.25, 0.3) is 0 Å². The lowest BCUT2D eigenvalue weighted by Crippen LogP contribution is -2.45. The van der Waals surface area contributed by atoms with Gasteiger partial charge in [0, 0.05) is 0 Å². The zero-order valence-corrected chi connectivity index (χ0v) is 7.27. The summed E-state index contributed by atoms with van der Waals surface area (Å²) < 4.78 is 1.22. The minimum absolute atomic E-state index is 0.922. The predicted molar refractivity (Wildman–Crippen MR) is 44.5 cm³/mol. The molecule has 0 saturated carbocycles. The van der Waals surface area contributed by atoms with Crippen molar-refractivity contribution in [2.75, 3.05) is 27.2 Å². The topological polar surface area (TPSA) is 0 Å². The standard InChI is InChI=1S/C9H19N/c1-4-9-5-7-10(2,3)8-6-9/h9H,1,4-8H2,2-3H3/q+1. The molecular weight excluding hydrogens is 122 g/mol. The van der Waals surface area contributed by atoms with Gasteiger partial charge in [-0.05, 0) is 18.8 Å². The van der Waals surface area contributed by atoms with Gasteiger partial charge >= 0.3 is 0 Å². The Labute approximate surface area is 64.6 Å². The van der Waals surface area contributed by atoms with Crippen LogP contribution in [-0.4, -0.2) is 31.7 Å². The lowest BCUT2D eigenvalue weighted by molar-refractivity contribution is -0.896. The van der Waals surface area contributed by atoms with Crippen molar-refractivity contribution >= 4 is 0 Å². The lowest BCUT2D eigenvalue weighted by atomic mass is 9.94. The van der Waals surface area contributed by atoms with Crippen LogP contribution in [0.15, 0.2) is 0 Å². The lowest BCUT2D eigenvalue weighted by Gasteiger charge is -2.36. The van der Waals surface area contributed by atoms with E-state index in [2.05, 4.69) is 21.0 Å². The quantitative estimate of drug-likeness (QED) is 0.488. The van der Waals surface area contributed by atoms with E-state index in [4.69, 9.17) is 0 Å². The number of likely N-dealkylation sites (tertiary alicyclic amines) is 1. The van der Waals surface area contributed by atoms with E-state index in [1.54, 1.807) is 0 Å². The van der Waals surface area contributed by atoms with E-state index in [-0.39, 0.29) is 0 Å². The fourth-order valence-corrected chi connectivity index (χ4v) is 1.61. The summed E-state index contributed by atoms with van der Waals surface area (Å²) in [4.78, 5) is 0. The maximum atomic E-state index is 3.95. The molecule has 1 saturated heterocycles. The molecule has 59 valence electrons. The highest BCUT2D eigenvalue weighted by molar-refractivity contribution is 4.64. The Morgan fingerprint density at radius 3 is 2.20 bits per heavy atom. The second-order valence-corrected chi connectivity index (χ2v) is 4.11. The van der Waals surface area contributed by atoms with Crippen LogP contribution in [0.2, 0.25) is 0 Å². The number of quaternary nitrogens is 1. The fraction of sp³-hybridized carbons (Fsp3) is 0.889. The van der Waals surface area contributed by atoms with Crippen molar-refractivity contribution in [3.05, 3.63) is 6.92 Å². The predicted octanol–water partition coefficient (Wildman–Crippen LogP) is 1.70. The average molecular weight is 141 g/mol. The molecule has 0 amide bonds. The first-order valence-corrected chi connectivity index (χ1v) is 4.25. The molecule has 1 fully saturated rings. The molecule has 1 heterocycles. The molecule has 10 heavy (non-hydrogen) atoms. The molecule has 1 radical (unpaired) electrons. The number of piperidine rings is 1. The number of hydrogen-bond donors (Lipinski definition) is 0. The third kappa shape index (κ3) is 1.98. The summed E-state index contributed by atoms with van der Waals surface area (Å²) in [5, 5.41) is 0. The minimum Gasteiger partial charge on any atom is -0.328 e. The van der Waals surface area contributed by atoms with E-state index in [9.17, 15) is 0 Å². The van der Waals surface area contributed by atoms with Crippen LogP contribution >= 0.6 is 0 Å². The first-order valence-electron chi connectivity index (χ1n) is 4.25. The molecule has 1 nitrogen and oxygen atoms in total. The molecule has 0 N–H and O–H groups in total. The van der Waals surface area contributed by atoms with E-state index in [1.165, 1.54) is 30.4 Å². The summed E-state index contributed by atoms with van der Waals surface area (Å²) in [7, 11) is 4.64. The second-order valence-electron chi connectivity index (χ2n) is 4.11. The zero-order valence-electron chi connectivity index (χ0n) is 7.27. The van der Waals surface area contributed by atoms with Gasteiger partial charge in [-0.2, -0.15) is 0 Å². The molecule has 1 rings (SSSR count). The van der Waals surface area contributed by atoms with Gasteiger partial charge in [-0.15, -0.1) is 0 Å². The van der Waals surface area contributed by atoms with E-state index in [0.29, 0.717) is 0 Å². The van der Waals surface area contributed by atoms with Crippen molar-refractivity contribution in [2.24, 2.45) is 5.92 Å². The molecule has 0 aromatic heterocycles. The third-order valence-electron chi connectivity index (χ3n) is 2.69. The van der Waals surface area contributed by atoms with Crippen LogP contribution in [0.3, 0.4) is 0 Å². The number of rotatable bonds is 1. The Bertz CT molecular complexity index is 97.3. The Hall–Kier alpha value is -0.0400. The van der Waals surface area contributed by atoms with Gasteiger partial charge in [-0.1, -0.05) is 13.3 Å². The highest BCUT2D eigenvalue weighted by Gasteiger charge is 2.24. The van der Waals surface area contributed by atoms with Crippen molar-refractivity contribution < 1.29 is 4.48 Å². The van der Waals surface area contributed by atoms with Gasteiger partial charge in [0.2, 0.25) is 0 Å². The van der Waals surface area contributed by atoms with Crippen LogP contribution < -0.4 is 0 Å². The molecule has 0 bridgehead atoms. The third-order valence-corrected chi connectivity index (χ3v) is 2.69. The van der Waals surface area contributed by atoms with Gasteiger partial charge < -0.3 is 4.48 Å². The summed E-state index contributed by atoms with van der Waals surface area (Å²) in [5.74, 6) is 0.922. The average Bonchev–Trinajstić information content (AvgIpc) is 1.88. The Morgan fingerprint density at radius 2 is 1.80 bits per heavy atom. The Balaban J connectivity index is 2.31. The molecule has 0 atom stereocenters. The number of nitrogens with zero attached hydrogens (tertiary/aromatic N) is 1. The highest BCUT2D eigenvalue weighted by Crippen LogP contribution is 2.21. The van der Waals surface area contributed by atoms with E-state index >= 15 is 0 Å². The van der Waals surface area contributed by atoms with Gasteiger partial charge in [-0.3, -0.25) is 0 Å². The molecule has 0 spiro atoms. The van der Waals surface area contributed by atoms with E-state index in [0.717, 1.165) is 12.3 Å². The monoisotopic (exact) mass is 141 g/mol. The molecule has 0 unspecified atom stereocenters. The molecule has 0 aromatic rings. The van der Waals surface area contributed by atoms with Crippen LogP contribution in [0, 0.1) is 12.8 Å². The fourth-order valence-electron chi connectivity index (χ4n) is 1.61. The Morgan fingerprint density at radius 1 is 1.30 bits per heavy atom. The zero-order chi connectivity index (χ0) is 7.61. The first kappa shape index (κ1) is 8.06. The van der Waals surface area contributed by atoms with Gasteiger partial charge in [0.1, 0.15) is 0 Å². The Kier molecular flexibility index (Phi) is 2.35. The van der Waals surface area contributed by atoms with Crippen LogP contribution in [-0.2, 0) is 0 Å². The maximum absolute atomic E-state index is 3.95. The van der Waals surface area contributed by atoms with Crippen molar-refractivity contribution in [3.8, 4) is 0 Å². The highest BCUT2D eigenvalue weighted by atomic mass is 15.3. The summed E-state index contributed by atoms with van der Waals surface area (Å²) >= 11 is 0. The second kappa shape index (κ2) is 2.91. The molecule has 0 aromatic carbocycles. The van der Waals surface area contributed by atoms with Crippen molar-refractivity contribution in [2.45, 2.75) is 19.3 Å². The normalized spacial score (nSPS) is 26.7. The summed E-state index contributed by atoms with van der Waals surface area (Å²) in [5.41, 5.74) is 0. The van der Waals surface area contributed by atoms with Crippen LogP contribution in [0.4, 0.5) is 0 Å². The van der Waals surface area contributed by atoms with Crippen LogP contribution in [0.1, 0.15) is 19.3 Å². The van der Waals surface area contributed by atoms with Crippen LogP contribution in [0.25, 0.3) is 0 Å².